The van der Waals surface area contributed by atoms with E-state index in [0.717, 1.165) is 9.80 Å². The first-order valence-corrected chi connectivity index (χ1v) is 29.9. The molecule has 10 atom stereocenters. The summed E-state index contributed by atoms with van der Waals surface area (Å²) in [6.07, 6.45) is 7.35. The lowest BCUT2D eigenvalue weighted by atomic mass is 9.84. The van der Waals surface area contributed by atoms with Crippen LogP contribution in [0.1, 0.15) is 149 Å². The molecule has 0 heterocycles. The third-order valence-corrected chi connectivity index (χ3v) is 15.1. The molecular weight excluding hydrogens is 1080 g/mol. The molecule has 0 aromatic heterocycles. The first-order chi connectivity index (χ1) is 38.9. The van der Waals surface area contributed by atoms with Crippen molar-refractivity contribution in [3.8, 4) is 0 Å². The Hall–Kier alpha value is -6.39. The molecule has 6 N–H and O–H groups in total. The number of carbonyl (C=O) groups excluding carboxylic acids is 10. The van der Waals surface area contributed by atoms with Crippen LogP contribution in [0.15, 0.2) is 23.9 Å². The molecule has 0 aliphatic heterocycles. The smallest absolute Gasteiger partial charge is 0.323 e. The monoisotopic (exact) mass is 1190 g/mol. The van der Waals surface area contributed by atoms with E-state index < -0.39 is 126 Å². The molecule has 0 radical (unpaired) electrons. The minimum Gasteiger partial charge on any atom is -0.480 e. The molecule has 0 rings (SSSR count). The summed E-state index contributed by atoms with van der Waals surface area (Å²) >= 11 is 0. The maximum atomic E-state index is 15.0. The van der Waals surface area contributed by atoms with E-state index in [-0.39, 0.29) is 66.4 Å². The lowest BCUT2D eigenvalue weighted by molar-refractivity contribution is -0.154. The van der Waals surface area contributed by atoms with Gasteiger partial charge in [-0.05, 0) is 101 Å². The Labute approximate surface area is 502 Å². The first kappa shape index (κ1) is 77.6. The van der Waals surface area contributed by atoms with Gasteiger partial charge in [0.25, 0.3) is 5.91 Å². The van der Waals surface area contributed by atoms with Gasteiger partial charge < -0.3 is 61.1 Å². The van der Waals surface area contributed by atoms with Crippen LogP contribution in [0, 0.1) is 41.4 Å². The fourth-order valence-corrected chi connectivity index (χ4v) is 9.92. The van der Waals surface area contributed by atoms with E-state index in [4.69, 9.17) is 0 Å². The van der Waals surface area contributed by atoms with Crippen LogP contribution in [-0.4, -0.2) is 210 Å². The van der Waals surface area contributed by atoms with Crippen LogP contribution in [0.5, 0.6) is 0 Å². The number of carboxylic acids is 1. The number of nitrogens with zero attached hydrogens (tertiary/aromatic N) is 6. The zero-order chi connectivity index (χ0) is 65.4. The zero-order valence-corrected chi connectivity index (χ0v) is 55.2. The van der Waals surface area contributed by atoms with Crippen LogP contribution in [-0.2, 0) is 52.7 Å². The van der Waals surface area contributed by atoms with Crippen molar-refractivity contribution in [1.29, 1.82) is 0 Å². The second kappa shape index (κ2) is 37.1. The summed E-state index contributed by atoms with van der Waals surface area (Å²) in [5, 5.41) is 23.2. The van der Waals surface area contributed by atoms with Gasteiger partial charge in [-0.15, -0.1) is 0 Å². The van der Waals surface area contributed by atoms with Crippen LogP contribution >= 0.6 is 0 Å². The van der Waals surface area contributed by atoms with E-state index in [1.165, 1.54) is 75.7 Å². The van der Waals surface area contributed by atoms with Crippen molar-refractivity contribution in [3.63, 3.8) is 0 Å². The summed E-state index contributed by atoms with van der Waals surface area (Å²) in [5.41, 5.74) is -0.0947. The number of aliphatic carboxylic acids is 1. The predicted octanol–water partition coefficient (Wildman–Crippen LogP) is 3.87. The highest BCUT2D eigenvalue weighted by atomic mass is 16.4. The molecule has 84 heavy (non-hydrogen) atoms. The van der Waals surface area contributed by atoms with Crippen molar-refractivity contribution >= 4 is 65.0 Å². The summed E-state index contributed by atoms with van der Waals surface area (Å²) in [6.45, 7) is 28.0. The van der Waals surface area contributed by atoms with Crippen LogP contribution in [0.3, 0.4) is 0 Å². The molecule has 0 aromatic carbocycles. The molecule has 23 nitrogen and oxygen atoms in total. The molecule has 0 aliphatic carbocycles. The topological polar surface area (TPSA) is 288 Å². The highest BCUT2D eigenvalue weighted by molar-refractivity contribution is 6.01. The lowest BCUT2D eigenvalue weighted by Gasteiger charge is -2.41. The Kier molecular flexibility index (Phi) is 34.3. The van der Waals surface area contributed by atoms with Crippen LogP contribution < -0.4 is 26.6 Å². The summed E-state index contributed by atoms with van der Waals surface area (Å²) in [6, 6.07) is -8.26. The number of allylic oxidation sites excluding steroid dienone is 3. The van der Waals surface area contributed by atoms with Gasteiger partial charge >= 0.3 is 5.97 Å². The van der Waals surface area contributed by atoms with Gasteiger partial charge in [0.2, 0.25) is 53.2 Å². The van der Waals surface area contributed by atoms with Crippen molar-refractivity contribution in [1.82, 2.24) is 56.0 Å². The Bertz CT molecular complexity index is 2290. The second-order valence-electron chi connectivity index (χ2n) is 24.6. The minimum absolute atomic E-state index is 0.0571. The van der Waals surface area contributed by atoms with Crippen molar-refractivity contribution in [2.75, 3.05) is 62.4 Å². The Balaban J connectivity index is 6.83. The highest BCUT2D eigenvalue weighted by Crippen LogP contribution is 2.27. The van der Waals surface area contributed by atoms with Gasteiger partial charge in [0.1, 0.15) is 54.5 Å². The van der Waals surface area contributed by atoms with Crippen molar-refractivity contribution < 1.29 is 57.8 Å². The normalized spacial score (nSPS) is 15.5. The summed E-state index contributed by atoms with van der Waals surface area (Å²) in [4.78, 5) is 159. The molecular formula is C61H109N11O12. The number of hydrogen-bond donors (Lipinski definition) is 6. The number of rotatable bonds is 36. The quantitative estimate of drug-likeness (QED) is 0.0384. The Morgan fingerprint density at radius 3 is 1.49 bits per heavy atom. The standard InChI is InChI=1S/C61H109N11O12/c1-24-27-28-40(14)32-47(56(79)65-44(26-3)58(81)68(19)34-50(74)75)69(20)49(73)33-67(18)61(84)52(43(25-2)38(10)11)72(23)59(82)48(31-37(8)9)71(22)57(80)42(16)64-53(76)41(15)63-55(78)46(30-36(6)7)70(21)60(83)51(39(12)13)66-54(77)45(62-17)29-35(4)5/h24,27,32,35-46,48,51-52,62H,25-26,28-31,33-34H2,1-23H3,(H,63,78)(H,64,76)(H,65,79)(H,66,77)(H,74,75)/b27-24+,47-32+/t40-,41+,42-,43?,44+,45+,46+,48+,51?,52+/m1/s1. The number of carbonyl (C=O) groups is 11. The molecule has 0 saturated heterocycles. The molecule has 480 valence electrons. The SMILES string of the molecule is C/C=C/C[C@@H](C)/C=C(\C(=O)N[C@@H](CC)C(=O)N(C)CC(=O)O)N(C)C(=O)CN(C)C(=O)[C@H](C(CC)C(C)C)N(C)C(=O)[C@H](CC(C)C)N(C)C(=O)[C@@H](C)NC(=O)[C@H](C)NC(=O)[C@H](CC(C)C)N(C)C(=O)C(NC(=O)[C@H](CC(C)C)NC)C(C)C. The van der Waals surface area contributed by atoms with Crippen molar-refractivity contribution in [3.05, 3.63) is 23.9 Å². The number of nitrogens with one attached hydrogen (secondary N) is 5. The van der Waals surface area contributed by atoms with E-state index in [2.05, 4.69) is 26.6 Å². The van der Waals surface area contributed by atoms with Gasteiger partial charge in [0, 0.05) is 42.3 Å². The first-order valence-electron chi connectivity index (χ1n) is 29.9. The third-order valence-electron chi connectivity index (χ3n) is 15.1. The second-order valence-corrected chi connectivity index (χ2v) is 24.6. The fraction of sp³-hybridized carbons (Fsp3) is 0.754. The molecule has 0 bridgehead atoms. The van der Waals surface area contributed by atoms with Gasteiger partial charge in [-0.2, -0.15) is 0 Å². The van der Waals surface area contributed by atoms with E-state index in [1.807, 2.05) is 88.3 Å². The molecule has 0 saturated carbocycles. The molecule has 0 aliphatic rings. The van der Waals surface area contributed by atoms with Gasteiger partial charge in [0.05, 0.1) is 12.6 Å². The van der Waals surface area contributed by atoms with Gasteiger partial charge in [0.15, 0.2) is 0 Å². The number of carboxylic acid groups (broad SMARTS) is 1. The minimum atomic E-state index is -1.23. The van der Waals surface area contributed by atoms with Crippen molar-refractivity contribution in [2.45, 2.75) is 198 Å². The molecule has 0 aromatic rings. The predicted molar refractivity (Wildman–Crippen MR) is 326 cm³/mol. The van der Waals surface area contributed by atoms with E-state index >= 15 is 0 Å². The van der Waals surface area contributed by atoms with Crippen LogP contribution in [0.2, 0.25) is 0 Å². The molecule has 23 heteroatoms. The molecule has 0 fully saturated rings. The number of amides is 10. The highest BCUT2D eigenvalue weighted by Gasteiger charge is 2.43. The van der Waals surface area contributed by atoms with Crippen LogP contribution in [0.25, 0.3) is 0 Å². The van der Waals surface area contributed by atoms with E-state index in [1.54, 1.807) is 33.9 Å². The maximum absolute atomic E-state index is 15.0. The van der Waals surface area contributed by atoms with Gasteiger partial charge in [-0.25, -0.2) is 0 Å². The summed E-state index contributed by atoms with van der Waals surface area (Å²) in [5.74, 6) is -8.36. The average molecular weight is 1190 g/mol. The molecule has 0 spiro atoms. The summed E-state index contributed by atoms with van der Waals surface area (Å²) in [7, 11) is 10.2. The van der Waals surface area contributed by atoms with Gasteiger partial charge in [-0.3, -0.25) is 52.7 Å². The Morgan fingerprint density at radius 1 is 0.512 bits per heavy atom. The van der Waals surface area contributed by atoms with E-state index in [9.17, 15) is 57.8 Å². The van der Waals surface area contributed by atoms with Gasteiger partial charge in [-0.1, -0.05) is 115 Å². The summed E-state index contributed by atoms with van der Waals surface area (Å²) < 4.78 is 0. The van der Waals surface area contributed by atoms with Crippen molar-refractivity contribution in [2.24, 2.45) is 41.4 Å². The van der Waals surface area contributed by atoms with Crippen LogP contribution in [0.4, 0.5) is 0 Å². The number of likely N-dealkylation sites (N-methyl/N-ethyl adjacent to an activating group) is 7. The zero-order valence-electron chi connectivity index (χ0n) is 55.2. The average Bonchev–Trinajstić information content (AvgIpc) is 3.41. The molecule has 10 amide bonds. The largest absolute Gasteiger partial charge is 0.480 e. The Morgan fingerprint density at radius 2 is 1.02 bits per heavy atom. The fourth-order valence-electron chi connectivity index (χ4n) is 9.92. The van der Waals surface area contributed by atoms with E-state index in [0.29, 0.717) is 19.3 Å². The maximum Gasteiger partial charge on any atom is 0.323 e. The third kappa shape index (κ3) is 24.3. The number of hydrogen-bond acceptors (Lipinski definition) is 12. The lowest BCUT2D eigenvalue weighted by Crippen LogP contribution is -2.61. The molecule has 2 unspecified atom stereocenters.